The molecule has 0 fully saturated rings. The van der Waals surface area contributed by atoms with Gasteiger partial charge in [0.1, 0.15) is 17.8 Å². The molecule has 0 spiro atoms. The Morgan fingerprint density at radius 2 is 2.04 bits per heavy atom. The third-order valence-corrected chi connectivity index (χ3v) is 3.20. The lowest BCUT2D eigenvalue weighted by atomic mass is 10.2. The first-order chi connectivity index (χ1) is 11.3. The first kappa shape index (κ1) is 17.7. The SMILES string of the molecule is C=CCNc1cc(C(=O)Nc2cc(C(F)(F)F)ccc2Cl)ncn1. The summed E-state index contributed by atoms with van der Waals surface area (Å²) in [7, 11) is 0. The number of aromatic nitrogens is 2. The zero-order valence-corrected chi connectivity index (χ0v) is 12.9. The van der Waals surface area contributed by atoms with Gasteiger partial charge in [-0.15, -0.1) is 6.58 Å². The number of hydrogen-bond donors (Lipinski definition) is 2. The Balaban J connectivity index is 2.22. The number of amides is 1. The van der Waals surface area contributed by atoms with Crippen LogP contribution in [0, 0.1) is 0 Å². The van der Waals surface area contributed by atoms with Crippen LogP contribution in [0.5, 0.6) is 0 Å². The summed E-state index contributed by atoms with van der Waals surface area (Å²) < 4.78 is 38.2. The normalized spacial score (nSPS) is 11.0. The lowest BCUT2D eigenvalue weighted by Crippen LogP contribution is -2.16. The molecule has 9 heteroatoms. The minimum Gasteiger partial charge on any atom is -0.366 e. The van der Waals surface area contributed by atoms with Gasteiger partial charge in [-0.25, -0.2) is 9.97 Å². The maximum Gasteiger partial charge on any atom is 0.416 e. The number of carbonyl (C=O) groups excluding carboxylic acids is 1. The average Bonchev–Trinajstić information content (AvgIpc) is 2.54. The highest BCUT2D eigenvalue weighted by Gasteiger charge is 2.31. The van der Waals surface area contributed by atoms with Gasteiger partial charge in [0, 0.05) is 12.6 Å². The van der Waals surface area contributed by atoms with Crippen molar-refractivity contribution in [2.24, 2.45) is 0 Å². The minimum absolute atomic E-state index is 0.0181. The molecule has 1 amide bonds. The van der Waals surface area contributed by atoms with E-state index in [9.17, 15) is 18.0 Å². The number of anilines is 2. The summed E-state index contributed by atoms with van der Waals surface area (Å²) in [5, 5.41) is 5.16. The van der Waals surface area contributed by atoms with Crippen LogP contribution < -0.4 is 10.6 Å². The predicted molar refractivity (Wildman–Crippen MR) is 85.1 cm³/mol. The Hall–Kier alpha value is -2.61. The van der Waals surface area contributed by atoms with Gasteiger partial charge in [-0.1, -0.05) is 17.7 Å². The maximum absolute atomic E-state index is 12.7. The summed E-state index contributed by atoms with van der Waals surface area (Å²) in [6.45, 7) is 3.96. The fourth-order valence-corrected chi connectivity index (χ4v) is 1.90. The summed E-state index contributed by atoms with van der Waals surface area (Å²) in [5.74, 6) is -0.328. The molecule has 1 aromatic heterocycles. The average molecular weight is 357 g/mol. The fraction of sp³-hybridized carbons (Fsp3) is 0.133. The topological polar surface area (TPSA) is 66.9 Å². The number of halogens is 4. The number of rotatable bonds is 5. The molecule has 1 heterocycles. The summed E-state index contributed by atoms with van der Waals surface area (Å²) >= 11 is 5.84. The molecule has 0 saturated carbocycles. The molecule has 2 aromatic rings. The Morgan fingerprint density at radius 3 is 2.71 bits per heavy atom. The van der Waals surface area contributed by atoms with Crippen molar-refractivity contribution in [3.05, 3.63) is 59.5 Å². The largest absolute Gasteiger partial charge is 0.416 e. The van der Waals surface area contributed by atoms with E-state index in [1.807, 2.05) is 0 Å². The van der Waals surface area contributed by atoms with Crippen molar-refractivity contribution < 1.29 is 18.0 Å². The smallest absolute Gasteiger partial charge is 0.366 e. The van der Waals surface area contributed by atoms with Crippen LogP contribution in [0.2, 0.25) is 5.02 Å². The molecule has 1 aromatic carbocycles. The predicted octanol–water partition coefficient (Wildman–Crippen LogP) is 4.00. The lowest BCUT2D eigenvalue weighted by Gasteiger charge is -2.11. The summed E-state index contributed by atoms with van der Waals surface area (Å²) in [4.78, 5) is 19.9. The monoisotopic (exact) mass is 356 g/mol. The van der Waals surface area contributed by atoms with E-state index in [-0.39, 0.29) is 16.4 Å². The molecule has 2 rings (SSSR count). The second kappa shape index (κ2) is 7.31. The van der Waals surface area contributed by atoms with Gasteiger partial charge in [-0.2, -0.15) is 13.2 Å². The highest BCUT2D eigenvalue weighted by molar-refractivity contribution is 6.33. The van der Waals surface area contributed by atoms with Crippen molar-refractivity contribution in [1.29, 1.82) is 0 Å². The molecule has 0 atom stereocenters. The van der Waals surface area contributed by atoms with Crippen molar-refractivity contribution in [1.82, 2.24) is 9.97 Å². The Bertz CT molecular complexity index is 765. The van der Waals surface area contributed by atoms with E-state index in [0.717, 1.165) is 24.5 Å². The number of nitrogens with one attached hydrogen (secondary N) is 2. The second-order valence-corrected chi connectivity index (χ2v) is 5.01. The van der Waals surface area contributed by atoms with Gasteiger partial charge < -0.3 is 10.6 Å². The molecular weight excluding hydrogens is 345 g/mol. The van der Waals surface area contributed by atoms with Crippen molar-refractivity contribution in [3.8, 4) is 0 Å². The van der Waals surface area contributed by atoms with E-state index in [0.29, 0.717) is 12.4 Å². The van der Waals surface area contributed by atoms with Crippen LogP contribution in [0.15, 0.2) is 43.2 Å². The van der Waals surface area contributed by atoms with Crippen molar-refractivity contribution in [2.45, 2.75) is 6.18 Å². The van der Waals surface area contributed by atoms with Crippen LogP contribution in [0.4, 0.5) is 24.7 Å². The molecular formula is C15H12ClF3N4O. The number of carbonyl (C=O) groups is 1. The standard InChI is InChI=1S/C15H12ClF3N4O/c1-2-5-20-13-7-12(21-8-22-13)14(24)23-11-6-9(15(17,18)19)3-4-10(11)16/h2-4,6-8H,1,5H2,(H,23,24)(H,20,21,22). The molecule has 2 N–H and O–H groups in total. The van der Waals surface area contributed by atoms with Gasteiger partial charge >= 0.3 is 6.18 Å². The molecule has 24 heavy (non-hydrogen) atoms. The van der Waals surface area contributed by atoms with Gasteiger partial charge in [-0.3, -0.25) is 4.79 Å². The van der Waals surface area contributed by atoms with Crippen LogP contribution >= 0.6 is 11.6 Å². The number of alkyl halides is 3. The second-order valence-electron chi connectivity index (χ2n) is 4.60. The third-order valence-electron chi connectivity index (χ3n) is 2.87. The zero-order chi connectivity index (χ0) is 17.7. The summed E-state index contributed by atoms with van der Waals surface area (Å²) in [6, 6.07) is 4.02. The highest BCUT2D eigenvalue weighted by atomic mass is 35.5. The highest BCUT2D eigenvalue weighted by Crippen LogP contribution is 2.33. The molecule has 0 aliphatic heterocycles. The molecule has 0 radical (unpaired) electrons. The van der Waals surface area contributed by atoms with Crippen molar-refractivity contribution >= 4 is 29.0 Å². The minimum atomic E-state index is -4.54. The molecule has 0 aliphatic rings. The quantitative estimate of drug-likeness (QED) is 0.795. The van der Waals surface area contributed by atoms with Crippen molar-refractivity contribution in [2.75, 3.05) is 17.2 Å². The number of nitrogens with zero attached hydrogens (tertiary/aromatic N) is 2. The van der Waals surface area contributed by atoms with Gasteiger partial charge in [0.15, 0.2) is 0 Å². The van der Waals surface area contributed by atoms with Crippen LogP contribution in [0.25, 0.3) is 0 Å². The molecule has 126 valence electrons. The fourth-order valence-electron chi connectivity index (χ4n) is 1.74. The summed E-state index contributed by atoms with van der Waals surface area (Å²) in [6.07, 6.45) is -1.78. The molecule has 0 saturated heterocycles. The van der Waals surface area contributed by atoms with Gasteiger partial charge in [0.05, 0.1) is 16.3 Å². The maximum atomic E-state index is 12.7. The molecule has 0 bridgehead atoms. The van der Waals surface area contributed by atoms with E-state index in [2.05, 4.69) is 27.2 Å². The van der Waals surface area contributed by atoms with E-state index < -0.39 is 17.6 Å². The molecule has 0 unspecified atom stereocenters. The van der Waals surface area contributed by atoms with Crippen molar-refractivity contribution in [3.63, 3.8) is 0 Å². The number of benzene rings is 1. The Labute approximate surface area is 140 Å². The van der Waals surface area contributed by atoms with Gasteiger partial charge in [-0.05, 0) is 18.2 Å². The first-order valence-corrected chi connectivity index (χ1v) is 7.04. The zero-order valence-electron chi connectivity index (χ0n) is 12.2. The molecule has 5 nitrogen and oxygen atoms in total. The number of hydrogen-bond acceptors (Lipinski definition) is 4. The first-order valence-electron chi connectivity index (χ1n) is 6.66. The van der Waals surface area contributed by atoms with Gasteiger partial charge in [0.25, 0.3) is 5.91 Å². The third kappa shape index (κ3) is 4.45. The Morgan fingerprint density at radius 1 is 1.29 bits per heavy atom. The van der Waals surface area contributed by atoms with E-state index >= 15 is 0 Å². The van der Waals surface area contributed by atoms with E-state index in [1.54, 1.807) is 6.08 Å². The van der Waals surface area contributed by atoms with E-state index in [4.69, 9.17) is 11.6 Å². The van der Waals surface area contributed by atoms with Crippen LogP contribution in [-0.2, 0) is 6.18 Å². The molecule has 0 aliphatic carbocycles. The van der Waals surface area contributed by atoms with Crippen LogP contribution in [-0.4, -0.2) is 22.4 Å². The lowest BCUT2D eigenvalue weighted by molar-refractivity contribution is -0.137. The Kier molecular flexibility index (Phi) is 5.40. The van der Waals surface area contributed by atoms with Crippen LogP contribution in [0.1, 0.15) is 16.1 Å². The van der Waals surface area contributed by atoms with E-state index in [1.165, 1.54) is 6.07 Å². The summed E-state index contributed by atoms with van der Waals surface area (Å²) in [5.41, 5.74) is -1.10. The van der Waals surface area contributed by atoms with Crippen LogP contribution in [0.3, 0.4) is 0 Å². The van der Waals surface area contributed by atoms with Gasteiger partial charge in [0.2, 0.25) is 0 Å².